The molecule has 0 unspecified atom stereocenters. The van der Waals surface area contributed by atoms with Crippen LogP contribution < -0.4 is 5.32 Å². The van der Waals surface area contributed by atoms with Gasteiger partial charge >= 0.3 is 0 Å². The molecular formula is C23H18N4OS. The number of benzene rings is 2. The van der Waals surface area contributed by atoms with Crippen molar-refractivity contribution in [3.63, 3.8) is 0 Å². The smallest absolute Gasteiger partial charge is 0.257 e. The van der Waals surface area contributed by atoms with E-state index in [1.807, 2.05) is 53.2 Å². The number of imidazole rings is 1. The third-order valence-corrected chi connectivity index (χ3v) is 5.81. The van der Waals surface area contributed by atoms with Gasteiger partial charge in [-0.2, -0.15) is 0 Å². The molecular weight excluding hydrogens is 380 g/mol. The van der Waals surface area contributed by atoms with E-state index in [1.54, 1.807) is 12.1 Å². The summed E-state index contributed by atoms with van der Waals surface area (Å²) in [4.78, 5) is 21.9. The lowest BCUT2D eigenvalue weighted by molar-refractivity contribution is 0.102. The number of pyridine rings is 1. The van der Waals surface area contributed by atoms with Crippen molar-refractivity contribution in [1.29, 1.82) is 0 Å². The normalized spacial score (nSPS) is 11.2. The number of carbonyl (C=O) groups excluding carboxylic acids is 1. The van der Waals surface area contributed by atoms with Crippen LogP contribution in [0, 0.1) is 0 Å². The summed E-state index contributed by atoms with van der Waals surface area (Å²) in [6.45, 7) is 2.12. The van der Waals surface area contributed by atoms with Crippen LogP contribution in [0.2, 0.25) is 0 Å². The van der Waals surface area contributed by atoms with Gasteiger partial charge in [-0.05, 0) is 36.2 Å². The molecule has 5 rings (SSSR count). The van der Waals surface area contributed by atoms with Crippen molar-refractivity contribution in [1.82, 2.24) is 14.4 Å². The van der Waals surface area contributed by atoms with Crippen LogP contribution in [0.25, 0.3) is 27.1 Å². The van der Waals surface area contributed by atoms with Crippen LogP contribution in [0.3, 0.4) is 0 Å². The Kier molecular flexibility index (Phi) is 4.33. The highest BCUT2D eigenvalue weighted by molar-refractivity contribution is 7.22. The molecule has 0 aliphatic carbocycles. The van der Waals surface area contributed by atoms with E-state index in [4.69, 9.17) is 0 Å². The Labute approximate surface area is 171 Å². The van der Waals surface area contributed by atoms with Crippen molar-refractivity contribution in [3.05, 3.63) is 84.2 Å². The highest BCUT2D eigenvalue weighted by Gasteiger charge is 2.12. The summed E-state index contributed by atoms with van der Waals surface area (Å²) in [6, 6.07) is 19.8. The number of nitrogens with one attached hydrogen (secondary N) is 1. The van der Waals surface area contributed by atoms with E-state index < -0.39 is 0 Å². The molecule has 6 heteroatoms. The zero-order valence-electron chi connectivity index (χ0n) is 15.8. The minimum atomic E-state index is -0.188. The summed E-state index contributed by atoms with van der Waals surface area (Å²) >= 11 is 1.49. The van der Waals surface area contributed by atoms with Gasteiger partial charge in [-0.15, -0.1) is 0 Å². The first kappa shape index (κ1) is 17.6. The van der Waals surface area contributed by atoms with E-state index >= 15 is 0 Å². The number of thiazole rings is 1. The number of rotatable bonds is 4. The summed E-state index contributed by atoms with van der Waals surface area (Å²) in [5.74, 6) is -0.188. The van der Waals surface area contributed by atoms with Gasteiger partial charge in [0.2, 0.25) is 0 Å². The van der Waals surface area contributed by atoms with Gasteiger partial charge in [-0.25, -0.2) is 9.97 Å². The first-order valence-electron chi connectivity index (χ1n) is 9.44. The number of amides is 1. The average Bonchev–Trinajstić information content (AvgIpc) is 3.36. The number of aryl methyl sites for hydroxylation is 1. The summed E-state index contributed by atoms with van der Waals surface area (Å²) < 4.78 is 3.00. The number of aromatic nitrogens is 3. The van der Waals surface area contributed by atoms with Crippen LogP contribution in [0.4, 0.5) is 5.13 Å². The topological polar surface area (TPSA) is 59.3 Å². The third-order valence-electron chi connectivity index (χ3n) is 4.87. The molecule has 5 aromatic rings. The molecule has 3 heterocycles. The van der Waals surface area contributed by atoms with Crippen molar-refractivity contribution in [2.75, 3.05) is 5.32 Å². The first-order valence-corrected chi connectivity index (χ1v) is 10.3. The molecule has 0 atom stereocenters. The molecule has 29 heavy (non-hydrogen) atoms. The zero-order valence-corrected chi connectivity index (χ0v) is 16.6. The summed E-state index contributed by atoms with van der Waals surface area (Å²) in [6.07, 6.45) is 4.80. The van der Waals surface area contributed by atoms with E-state index in [0.717, 1.165) is 33.5 Å². The second-order valence-corrected chi connectivity index (χ2v) is 7.83. The molecule has 142 valence electrons. The maximum absolute atomic E-state index is 12.8. The number of fused-ring (bicyclic) bond motifs is 2. The maximum atomic E-state index is 12.8. The number of hydrogen-bond donors (Lipinski definition) is 1. The van der Waals surface area contributed by atoms with Gasteiger partial charge in [0.25, 0.3) is 5.91 Å². The number of nitrogens with zero attached hydrogens (tertiary/aromatic N) is 3. The summed E-state index contributed by atoms with van der Waals surface area (Å²) in [5.41, 5.74) is 5.37. The number of hydrogen-bond acceptors (Lipinski definition) is 4. The van der Waals surface area contributed by atoms with E-state index in [9.17, 15) is 4.79 Å². The lowest BCUT2D eigenvalue weighted by Gasteiger charge is -2.02. The quantitative estimate of drug-likeness (QED) is 0.439. The Morgan fingerprint density at radius 2 is 1.93 bits per heavy atom. The van der Waals surface area contributed by atoms with Gasteiger partial charge in [-0.1, -0.05) is 54.7 Å². The number of carbonyl (C=O) groups is 1. The standard InChI is InChI=1S/C23H18N4OS/c1-2-15-8-9-18-20(12-15)29-23(25-18)26-22(28)17-10-11-27-14-19(24-21(27)13-17)16-6-4-3-5-7-16/h3-14H,2H2,1H3,(H,25,26,28). The Morgan fingerprint density at radius 3 is 2.76 bits per heavy atom. The molecule has 0 bridgehead atoms. The minimum Gasteiger partial charge on any atom is -0.306 e. The van der Waals surface area contributed by atoms with Crippen LogP contribution in [0.5, 0.6) is 0 Å². The van der Waals surface area contributed by atoms with Crippen molar-refractivity contribution < 1.29 is 4.79 Å². The van der Waals surface area contributed by atoms with E-state index in [1.165, 1.54) is 16.9 Å². The molecule has 0 fully saturated rings. The van der Waals surface area contributed by atoms with E-state index in [0.29, 0.717) is 10.7 Å². The largest absolute Gasteiger partial charge is 0.306 e. The third kappa shape index (κ3) is 3.39. The van der Waals surface area contributed by atoms with Gasteiger partial charge in [-0.3, -0.25) is 10.1 Å². The van der Waals surface area contributed by atoms with Crippen LogP contribution in [-0.2, 0) is 6.42 Å². The molecule has 1 N–H and O–H groups in total. The van der Waals surface area contributed by atoms with E-state index in [2.05, 4.69) is 34.3 Å². The van der Waals surface area contributed by atoms with Gasteiger partial charge in [0.05, 0.1) is 15.9 Å². The fourth-order valence-electron chi connectivity index (χ4n) is 3.28. The molecule has 5 nitrogen and oxygen atoms in total. The Balaban J connectivity index is 1.42. The second-order valence-electron chi connectivity index (χ2n) is 6.80. The van der Waals surface area contributed by atoms with Crippen molar-refractivity contribution in [2.45, 2.75) is 13.3 Å². The van der Waals surface area contributed by atoms with Gasteiger partial charge < -0.3 is 4.40 Å². The SMILES string of the molecule is CCc1ccc2nc(NC(=O)c3ccn4cc(-c5ccccc5)nc4c3)sc2c1. The molecule has 0 aliphatic heterocycles. The Hall–Kier alpha value is -3.51. The molecule has 0 saturated heterocycles. The predicted octanol–water partition coefficient (Wildman–Crippen LogP) is 5.43. The van der Waals surface area contributed by atoms with Crippen LogP contribution in [0.1, 0.15) is 22.8 Å². The second kappa shape index (κ2) is 7.14. The average molecular weight is 398 g/mol. The summed E-state index contributed by atoms with van der Waals surface area (Å²) in [5, 5.41) is 3.52. The molecule has 0 spiro atoms. The maximum Gasteiger partial charge on any atom is 0.257 e. The molecule has 3 aromatic heterocycles. The van der Waals surface area contributed by atoms with Gasteiger partial charge in [0.1, 0.15) is 5.65 Å². The lowest BCUT2D eigenvalue weighted by atomic mass is 10.2. The van der Waals surface area contributed by atoms with E-state index in [-0.39, 0.29) is 5.91 Å². The van der Waals surface area contributed by atoms with Crippen molar-refractivity contribution in [3.8, 4) is 11.3 Å². The van der Waals surface area contributed by atoms with Crippen LogP contribution in [0.15, 0.2) is 73.1 Å². The van der Waals surface area contributed by atoms with Crippen molar-refractivity contribution >= 4 is 38.2 Å². The highest BCUT2D eigenvalue weighted by Crippen LogP contribution is 2.27. The Morgan fingerprint density at radius 1 is 1.07 bits per heavy atom. The predicted molar refractivity (Wildman–Crippen MR) is 118 cm³/mol. The minimum absolute atomic E-state index is 0.188. The van der Waals surface area contributed by atoms with Crippen LogP contribution >= 0.6 is 11.3 Å². The Bertz CT molecular complexity index is 1340. The lowest BCUT2D eigenvalue weighted by Crippen LogP contribution is -2.11. The first-order chi connectivity index (χ1) is 14.2. The summed E-state index contributed by atoms with van der Waals surface area (Å²) in [7, 11) is 0. The fraction of sp³-hybridized carbons (Fsp3) is 0.0870. The molecule has 0 radical (unpaired) electrons. The van der Waals surface area contributed by atoms with Crippen molar-refractivity contribution in [2.24, 2.45) is 0 Å². The highest BCUT2D eigenvalue weighted by atomic mass is 32.1. The molecule has 0 saturated carbocycles. The van der Waals surface area contributed by atoms with Gasteiger partial charge in [0, 0.05) is 23.5 Å². The molecule has 1 amide bonds. The number of anilines is 1. The zero-order chi connectivity index (χ0) is 19.8. The molecule has 0 aliphatic rings. The fourth-order valence-corrected chi connectivity index (χ4v) is 4.21. The van der Waals surface area contributed by atoms with Gasteiger partial charge in [0.15, 0.2) is 5.13 Å². The monoisotopic (exact) mass is 398 g/mol. The molecule has 2 aromatic carbocycles. The van der Waals surface area contributed by atoms with Crippen LogP contribution in [-0.4, -0.2) is 20.3 Å².